The smallest absolute Gasteiger partial charge is 0.243 e. The van der Waals surface area contributed by atoms with Crippen molar-refractivity contribution in [2.24, 2.45) is 0 Å². The molecule has 3 aromatic carbocycles. The zero-order valence-corrected chi connectivity index (χ0v) is 26.8. The largest absolute Gasteiger partial charge is 0.492 e. The van der Waals surface area contributed by atoms with Crippen LogP contribution in [0, 0.1) is 6.92 Å². The van der Waals surface area contributed by atoms with E-state index in [0.717, 1.165) is 29.4 Å². The van der Waals surface area contributed by atoms with E-state index in [0.29, 0.717) is 24.5 Å². The minimum atomic E-state index is -3.65. The molecule has 1 N–H and O–H groups in total. The first-order valence-electron chi connectivity index (χ1n) is 14.9. The van der Waals surface area contributed by atoms with E-state index in [1.54, 1.807) is 29.2 Å². The highest BCUT2D eigenvalue weighted by Gasteiger charge is 2.31. The van der Waals surface area contributed by atoms with Crippen molar-refractivity contribution in [1.82, 2.24) is 10.2 Å². The monoisotopic (exact) mass is 607 g/mol. The van der Waals surface area contributed by atoms with Crippen molar-refractivity contribution >= 4 is 27.5 Å². The van der Waals surface area contributed by atoms with E-state index in [2.05, 4.69) is 5.32 Å². The third kappa shape index (κ3) is 9.85. The van der Waals surface area contributed by atoms with E-state index in [-0.39, 0.29) is 43.8 Å². The summed E-state index contributed by atoms with van der Waals surface area (Å²) in [6, 6.07) is 23.7. The van der Waals surface area contributed by atoms with Crippen molar-refractivity contribution in [2.75, 3.05) is 23.7 Å². The van der Waals surface area contributed by atoms with Gasteiger partial charge in [-0.1, -0.05) is 73.7 Å². The minimum Gasteiger partial charge on any atom is -0.492 e. The molecule has 3 aromatic rings. The Morgan fingerprint density at radius 1 is 0.930 bits per heavy atom. The third-order valence-electron chi connectivity index (χ3n) is 7.46. The van der Waals surface area contributed by atoms with Crippen LogP contribution in [0.15, 0.2) is 78.9 Å². The topological polar surface area (TPSA) is 96.0 Å². The standard InChI is InChI=1S/C34H45N3O5S/c1-6-27(4)35-34(39)31(24-28-17-9-8-10-18-28)36(25-29-19-12-11-16-26(29)3)33(38)22-15-23-37(43(5,40)41)30-20-13-14-21-32(30)42-7-2/h8-14,16-21,27,31H,6-7,15,22-25H2,1-5H3,(H,35,39)/t27-,31-/m0/s1. The maximum atomic E-state index is 14.0. The predicted molar refractivity (Wildman–Crippen MR) is 173 cm³/mol. The molecular weight excluding hydrogens is 562 g/mol. The second-order valence-corrected chi connectivity index (χ2v) is 12.7. The van der Waals surface area contributed by atoms with Crippen LogP contribution in [0.5, 0.6) is 5.75 Å². The molecule has 0 aliphatic carbocycles. The van der Waals surface area contributed by atoms with Gasteiger partial charge in [0, 0.05) is 32.0 Å². The number of anilines is 1. The van der Waals surface area contributed by atoms with Gasteiger partial charge in [-0.25, -0.2) is 8.42 Å². The molecule has 0 fully saturated rings. The van der Waals surface area contributed by atoms with E-state index in [9.17, 15) is 18.0 Å². The van der Waals surface area contributed by atoms with Gasteiger partial charge in [0.15, 0.2) is 0 Å². The number of rotatable bonds is 16. The van der Waals surface area contributed by atoms with Gasteiger partial charge in [0.1, 0.15) is 11.8 Å². The molecule has 0 radical (unpaired) electrons. The van der Waals surface area contributed by atoms with Crippen LogP contribution in [-0.4, -0.2) is 56.6 Å². The van der Waals surface area contributed by atoms with Crippen molar-refractivity contribution in [1.29, 1.82) is 0 Å². The SMILES string of the molecule is CCOc1ccccc1N(CCCC(=O)N(Cc1ccccc1C)[C@@H](Cc1ccccc1)C(=O)N[C@@H](C)CC)S(C)(=O)=O. The molecule has 0 saturated carbocycles. The summed E-state index contributed by atoms with van der Waals surface area (Å²) in [4.78, 5) is 29.4. The van der Waals surface area contributed by atoms with Crippen molar-refractivity contribution < 1.29 is 22.7 Å². The van der Waals surface area contributed by atoms with Gasteiger partial charge in [-0.3, -0.25) is 13.9 Å². The summed E-state index contributed by atoms with van der Waals surface area (Å²) < 4.78 is 32.6. The lowest BCUT2D eigenvalue weighted by Crippen LogP contribution is -2.52. The van der Waals surface area contributed by atoms with Gasteiger partial charge in [-0.05, 0) is 62.4 Å². The fourth-order valence-corrected chi connectivity index (χ4v) is 5.86. The second-order valence-electron chi connectivity index (χ2n) is 10.8. The lowest BCUT2D eigenvalue weighted by atomic mass is 10.0. The molecule has 3 rings (SSSR count). The summed E-state index contributed by atoms with van der Waals surface area (Å²) in [6.45, 7) is 8.53. The summed E-state index contributed by atoms with van der Waals surface area (Å²) in [5, 5.41) is 3.09. The van der Waals surface area contributed by atoms with Crippen molar-refractivity contribution in [3.8, 4) is 5.75 Å². The fourth-order valence-electron chi connectivity index (χ4n) is 4.89. The lowest BCUT2D eigenvalue weighted by Gasteiger charge is -2.33. The Labute approximate surface area is 257 Å². The molecular formula is C34H45N3O5S. The maximum Gasteiger partial charge on any atom is 0.243 e. The summed E-state index contributed by atoms with van der Waals surface area (Å²) in [5.41, 5.74) is 3.36. The molecule has 0 heterocycles. The minimum absolute atomic E-state index is 0.0464. The molecule has 9 heteroatoms. The van der Waals surface area contributed by atoms with Crippen LogP contribution in [0.3, 0.4) is 0 Å². The highest BCUT2D eigenvalue weighted by molar-refractivity contribution is 7.92. The highest BCUT2D eigenvalue weighted by atomic mass is 32.2. The molecule has 8 nitrogen and oxygen atoms in total. The summed E-state index contributed by atoms with van der Waals surface area (Å²) in [5.74, 6) is 0.0474. The van der Waals surface area contributed by atoms with Crippen LogP contribution in [0.1, 0.15) is 56.7 Å². The van der Waals surface area contributed by atoms with Crippen LogP contribution >= 0.6 is 0 Å². The molecule has 0 aromatic heterocycles. The Morgan fingerprint density at radius 3 is 2.23 bits per heavy atom. The lowest BCUT2D eigenvalue weighted by molar-refractivity contribution is -0.141. The molecule has 0 aliphatic heterocycles. The molecule has 2 amide bonds. The highest BCUT2D eigenvalue weighted by Crippen LogP contribution is 2.30. The van der Waals surface area contributed by atoms with Gasteiger partial charge in [0.05, 0.1) is 18.6 Å². The number of hydrogen-bond acceptors (Lipinski definition) is 5. The molecule has 0 spiro atoms. The fraction of sp³-hybridized carbons (Fsp3) is 0.412. The number of nitrogens with zero attached hydrogens (tertiary/aromatic N) is 2. The summed E-state index contributed by atoms with van der Waals surface area (Å²) in [7, 11) is -3.65. The zero-order chi connectivity index (χ0) is 31.4. The average Bonchev–Trinajstić information content (AvgIpc) is 2.98. The molecule has 0 saturated heterocycles. The Balaban J connectivity index is 1.91. The van der Waals surface area contributed by atoms with Crippen LogP contribution in [0.2, 0.25) is 0 Å². The van der Waals surface area contributed by atoms with E-state index in [1.165, 1.54) is 4.31 Å². The van der Waals surface area contributed by atoms with Gasteiger partial charge in [-0.15, -0.1) is 0 Å². The first-order chi connectivity index (χ1) is 20.5. The number of benzene rings is 3. The van der Waals surface area contributed by atoms with Gasteiger partial charge < -0.3 is 15.0 Å². The molecule has 232 valence electrons. The Morgan fingerprint density at radius 2 is 1.58 bits per heavy atom. The Kier molecular flexibility index (Phi) is 12.6. The van der Waals surface area contributed by atoms with Crippen molar-refractivity contribution in [2.45, 2.75) is 72.0 Å². The quantitative estimate of drug-likeness (QED) is 0.232. The average molecular weight is 608 g/mol. The molecule has 43 heavy (non-hydrogen) atoms. The zero-order valence-electron chi connectivity index (χ0n) is 26.0. The number of carbonyl (C=O) groups excluding carboxylic acids is 2. The van der Waals surface area contributed by atoms with E-state index < -0.39 is 16.1 Å². The molecule has 0 aliphatic rings. The van der Waals surface area contributed by atoms with Gasteiger partial charge in [0.25, 0.3) is 0 Å². The van der Waals surface area contributed by atoms with E-state index >= 15 is 0 Å². The second kappa shape index (κ2) is 16.1. The number of nitrogens with one attached hydrogen (secondary N) is 1. The summed E-state index contributed by atoms with van der Waals surface area (Å²) in [6.07, 6.45) is 2.60. The van der Waals surface area contributed by atoms with Gasteiger partial charge in [0.2, 0.25) is 21.8 Å². The maximum absolute atomic E-state index is 14.0. The van der Waals surface area contributed by atoms with Crippen LogP contribution in [-0.2, 0) is 32.6 Å². The first kappa shape index (κ1) is 33.6. The van der Waals surface area contributed by atoms with Crippen LogP contribution in [0.4, 0.5) is 5.69 Å². The number of ether oxygens (including phenoxy) is 1. The van der Waals surface area contributed by atoms with Gasteiger partial charge >= 0.3 is 0 Å². The predicted octanol–water partition coefficient (Wildman–Crippen LogP) is 5.49. The number of amides is 2. The Hall–Kier alpha value is -3.85. The van der Waals surface area contributed by atoms with Crippen LogP contribution in [0.25, 0.3) is 0 Å². The molecule has 0 unspecified atom stereocenters. The number of aryl methyl sites for hydroxylation is 1. The van der Waals surface area contributed by atoms with Crippen LogP contribution < -0.4 is 14.4 Å². The van der Waals surface area contributed by atoms with E-state index in [1.807, 2.05) is 82.3 Å². The van der Waals surface area contributed by atoms with Gasteiger partial charge in [-0.2, -0.15) is 0 Å². The number of carbonyl (C=O) groups is 2. The molecule has 2 atom stereocenters. The van der Waals surface area contributed by atoms with E-state index in [4.69, 9.17) is 4.74 Å². The third-order valence-corrected chi connectivity index (χ3v) is 8.64. The number of hydrogen-bond donors (Lipinski definition) is 1. The normalized spacial score (nSPS) is 12.7. The number of sulfonamides is 1. The number of para-hydroxylation sites is 2. The first-order valence-corrected chi connectivity index (χ1v) is 16.8. The van der Waals surface area contributed by atoms with Crippen molar-refractivity contribution in [3.63, 3.8) is 0 Å². The Bertz CT molecular complexity index is 1450. The molecule has 0 bridgehead atoms. The van der Waals surface area contributed by atoms with Crippen molar-refractivity contribution in [3.05, 3.63) is 95.6 Å². The summed E-state index contributed by atoms with van der Waals surface area (Å²) >= 11 is 0.